The lowest BCUT2D eigenvalue weighted by Crippen LogP contribution is -2.58. The van der Waals surface area contributed by atoms with Crippen LogP contribution in [0.3, 0.4) is 0 Å². The van der Waals surface area contributed by atoms with E-state index in [4.69, 9.17) is 4.74 Å². The standard InChI is InChI=1S/C18H21Br2NO/c19-15-11-13-10-14-6-2-3-7-18(14,21-8-4-1-5-9-21)22-17(13)16(20)12-15/h10-12H,1-9H2. The molecule has 1 unspecified atom stereocenters. The van der Waals surface area contributed by atoms with E-state index in [9.17, 15) is 0 Å². The average Bonchev–Trinajstić information content (AvgIpc) is 2.54. The van der Waals surface area contributed by atoms with E-state index in [2.05, 4.69) is 55.0 Å². The summed E-state index contributed by atoms with van der Waals surface area (Å²) in [4.78, 5) is 2.61. The van der Waals surface area contributed by atoms with Gasteiger partial charge in [0.25, 0.3) is 0 Å². The van der Waals surface area contributed by atoms with Crippen LogP contribution >= 0.6 is 31.9 Å². The zero-order chi connectivity index (χ0) is 15.2. The lowest BCUT2D eigenvalue weighted by atomic mass is 9.81. The van der Waals surface area contributed by atoms with Crippen LogP contribution in [0.1, 0.15) is 50.5 Å². The van der Waals surface area contributed by atoms with E-state index in [1.807, 2.05) is 0 Å². The van der Waals surface area contributed by atoms with E-state index in [1.54, 1.807) is 0 Å². The normalized spacial score (nSPS) is 28.4. The third-order valence-corrected chi connectivity index (χ3v) is 6.27. The van der Waals surface area contributed by atoms with Crippen molar-refractivity contribution in [2.45, 2.75) is 50.7 Å². The molecule has 2 fully saturated rings. The van der Waals surface area contributed by atoms with Crippen molar-refractivity contribution in [3.8, 4) is 5.75 Å². The van der Waals surface area contributed by atoms with Gasteiger partial charge in [-0.2, -0.15) is 0 Å². The van der Waals surface area contributed by atoms with Gasteiger partial charge in [0.2, 0.25) is 0 Å². The fraction of sp³-hybridized carbons (Fsp3) is 0.556. The van der Waals surface area contributed by atoms with Gasteiger partial charge in [0, 0.05) is 29.5 Å². The van der Waals surface area contributed by atoms with Gasteiger partial charge in [0.15, 0.2) is 5.72 Å². The van der Waals surface area contributed by atoms with Crippen LogP contribution in [0.4, 0.5) is 0 Å². The van der Waals surface area contributed by atoms with Gasteiger partial charge in [-0.15, -0.1) is 0 Å². The minimum Gasteiger partial charge on any atom is -0.467 e. The number of nitrogens with zero attached hydrogens (tertiary/aromatic N) is 1. The molecule has 1 saturated carbocycles. The molecule has 0 amide bonds. The highest BCUT2D eigenvalue weighted by Gasteiger charge is 2.46. The highest BCUT2D eigenvalue weighted by atomic mass is 79.9. The molecule has 0 N–H and O–H groups in total. The van der Waals surface area contributed by atoms with Gasteiger partial charge in [-0.3, -0.25) is 4.90 Å². The Bertz CT molecular complexity index is 622. The van der Waals surface area contributed by atoms with Crippen LogP contribution < -0.4 is 4.74 Å². The van der Waals surface area contributed by atoms with E-state index in [0.29, 0.717) is 0 Å². The first kappa shape index (κ1) is 15.2. The van der Waals surface area contributed by atoms with Gasteiger partial charge >= 0.3 is 0 Å². The van der Waals surface area contributed by atoms with Crippen LogP contribution in [0.15, 0.2) is 26.7 Å². The molecule has 2 aliphatic heterocycles. The average molecular weight is 427 g/mol. The summed E-state index contributed by atoms with van der Waals surface area (Å²) in [5.74, 6) is 1.01. The molecule has 1 saturated heterocycles. The van der Waals surface area contributed by atoms with E-state index in [0.717, 1.165) is 21.1 Å². The minimum absolute atomic E-state index is 0.179. The maximum atomic E-state index is 6.74. The SMILES string of the molecule is Brc1cc(Br)c2c(c1)C=C1CCCCC1(N1CCCCC1)O2. The van der Waals surface area contributed by atoms with Crippen molar-refractivity contribution in [3.63, 3.8) is 0 Å². The Hall–Kier alpha value is -0.320. The van der Waals surface area contributed by atoms with E-state index >= 15 is 0 Å². The van der Waals surface area contributed by atoms with Crippen molar-refractivity contribution >= 4 is 37.9 Å². The summed E-state index contributed by atoms with van der Waals surface area (Å²) in [7, 11) is 0. The lowest BCUT2D eigenvalue weighted by molar-refractivity contribution is -0.0825. The number of benzene rings is 1. The van der Waals surface area contributed by atoms with Crippen molar-refractivity contribution in [1.29, 1.82) is 0 Å². The predicted octanol–water partition coefficient (Wildman–Crippen LogP) is 5.74. The monoisotopic (exact) mass is 425 g/mol. The molecule has 2 nitrogen and oxygen atoms in total. The summed E-state index contributed by atoms with van der Waals surface area (Å²) in [6, 6.07) is 4.26. The smallest absolute Gasteiger partial charge is 0.186 e. The second-order valence-electron chi connectivity index (χ2n) is 6.62. The Labute approximate surface area is 149 Å². The number of hydrogen-bond acceptors (Lipinski definition) is 2. The second-order valence-corrected chi connectivity index (χ2v) is 8.39. The first-order chi connectivity index (χ1) is 10.7. The summed E-state index contributed by atoms with van der Waals surface area (Å²) in [5, 5.41) is 0. The molecule has 0 aromatic heterocycles. The third kappa shape index (κ3) is 2.47. The Morgan fingerprint density at radius 2 is 1.82 bits per heavy atom. The summed E-state index contributed by atoms with van der Waals surface area (Å²) in [6.45, 7) is 2.33. The van der Waals surface area contributed by atoms with Crippen LogP contribution in [0.25, 0.3) is 6.08 Å². The molecule has 1 atom stereocenters. The Balaban J connectivity index is 1.80. The summed E-state index contributed by atoms with van der Waals surface area (Å²) < 4.78 is 8.89. The number of piperidine rings is 1. The molecule has 4 heteroatoms. The molecule has 22 heavy (non-hydrogen) atoms. The zero-order valence-electron chi connectivity index (χ0n) is 12.7. The predicted molar refractivity (Wildman–Crippen MR) is 97.1 cm³/mol. The minimum atomic E-state index is -0.179. The van der Waals surface area contributed by atoms with Gasteiger partial charge in [0.1, 0.15) is 5.75 Å². The van der Waals surface area contributed by atoms with Crippen molar-refractivity contribution in [1.82, 2.24) is 4.90 Å². The number of likely N-dealkylation sites (tertiary alicyclic amines) is 1. The highest BCUT2D eigenvalue weighted by Crippen LogP contribution is 2.49. The van der Waals surface area contributed by atoms with Crippen LogP contribution in [0, 0.1) is 0 Å². The van der Waals surface area contributed by atoms with Gasteiger partial charge in [-0.25, -0.2) is 0 Å². The Morgan fingerprint density at radius 1 is 1.00 bits per heavy atom. The number of halogens is 2. The first-order valence-corrected chi connectivity index (χ1v) is 9.92. The molecule has 0 radical (unpaired) electrons. The lowest BCUT2D eigenvalue weighted by Gasteiger charge is -2.51. The molecular weight excluding hydrogens is 406 g/mol. The zero-order valence-corrected chi connectivity index (χ0v) is 15.9. The molecule has 2 heterocycles. The Kier molecular flexibility index (Phi) is 4.12. The molecule has 0 spiro atoms. The van der Waals surface area contributed by atoms with Gasteiger partial charge in [0.05, 0.1) is 4.47 Å². The number of ether oxygens (including phenoxy) is 1. The quantitative estimate of drug-likeness (QED) is 0.567. The van der Waals surface area contributed by atoms with Gasteiger partial charge in [-0.1, -0.05) is 22.4 Å². The van der Waals surface area contributed by atoms with Crippen LogP contribution in [-0.2, 0) is 0 Å². The summed E-state index contributed by atoms with van der Waals surface area (Å²) in [5.41, 5.74) is 2.51. The first-order valence-electron chi connectivity index (χ1n) is 8.33. The third-order valence-electron chi connectivity index (χ3n) is 5.22. The molecule has 1 aliphatic carbocycles. The Morgan fingerprint density at radius 3 is 2.64 bits per heavy atom. The fourth-order valence-electron chi connectivity index (χ4n) is 4.17. The molecular formula is C18H21Br2NO. The maximum Gasteiger partial charge on any atom is 0.186 e. The van der Waals surface area contributed by atoms with Gasteiger partial charge < -0.3 is 4.74 Å². The maximum absolute atomic E-state index is 6.74. The number of rotatable bonds is 1. The van der Waals surface area contributed by atoms with Crippen molar-refractivity contribution in [2.75, 3.05) is 13.1 Å². The second kappa shape index (κ2) is 5.95. The van der Waals surface area contributed by atoms with Crippen LogP contribution in [0.5, 0.6) is 5.75 Å². The molecule has 3 aliphatic rings. The highest BCUT2D eigenvalue weighted by molar-refractivity contribution is 9.11. The summed E-state index contributed by atoms with van der Waals surface area (Å²) in [6.07, 6.45) is 11.2. The molecule has 118 valence electrons. The van der Waals surface area contributed by atoms with Crippen molar-refractivity contribution in [2.24, 2.45) is 0 Å². The van der Waals surface area contributed by atoms with Crippen molar-refractivity contribution < 1.29 is 4.74 Å². The molecule has 1 aromatic rings. The van der Waals surface area contributed by atoms with Gasteiger partial charge in [-0.05, 0) is 71.8 Å². The van der Waals surface area contributed by atoms with Crippen LogP contribution in [-0.4, -0.2) is 23.7 Å². The molecule has 0 bridgehead atoms. The van der Waals surface area contributed by atoms with E-state index < -0.39 is 0 Å². The number of fused-ring (bicyclic) bond motifs is 2. The van der Waals surface area contributed by atoms with Crippen molar-refractivity contribution in [3.05, 3.63) is 32.2 Å². The molecule has 4 rings (SSSR count). The van der Waals surface area contributed by atoms with E-state index in [1.165, 1.54) is 62.8 Å². The molecule has 1 aromatic carbocycles. The topological polar surface area (TPSA) is 12.5 Å². The number of hydrogen-bond donors (Lipinski definition) is 0. The summed E-state index contributed by atoms with van der Waals surface area (Å²) >= 11 is 7.29. The largest absolute Gasteiger partial charge is 0.467 e. The van der Waals surface area contributed by atoms with Crippen LogP contribution in [0.2, 0.25) is 0 Å². The van der Waals surface area contributed by atoms with E-state index in [-0.39, 0.29) is 5.72 Å². The fourth-order valence-corrected chi connectivity index (χ4v) is 5.51.